The lowest BCUT2D eigenvalue weighted by Crippen LogP contribution is -2.28. The van der Waals surface area contributed by atoms with Gasteiger partial charge in [0.05, 0.1) is 17.6 Å². The number of esters is 1. The van der Waals surface area contributed by atoms with Gasteiger partial charge in [0.15, 0.2) is 0 Å². The van der Waals surface area contributed by atoms with Crippen molar-refractivity contribution >= 4 is 22.1 Å². The quantitative estimate of drug-likeness (QED) is 0.645. The Morgan fingerprint density at radius 1 is 1.08 bits per heavy atom. The van der Waals surface area contributed by atoms with Crippen LogP contribution in [0.5, 0.6) is 0 Å². The van der Waals surface area contributed by atoms with Gasteiger partial charge in [0, 0.05) is 6.54 Å². The van der Waals surface area contributed by atoms with E-state index >= 15 is 0 Å². The highest BCUT2D eigenvalue weighted by Gasteiger charge is 2.17. The Morgan fingerprint density at radius 3 is 2.29 bits per heavy atom. The largest absolute Gasteiger partial charge is 0.466 e. The molecule has 126 valence electrons. The van der Waals surface area contributed by atoms with E-state index in [9.17, 15) is 13.2 Å². The van der Waals surface area contributed by atoms with Gasteiger partial charge in [-0.15, -0.1) is 0 Å². The molecule has 0 aromatic heterocycles. The molecule has 0 aliphatic heterocycles. The monoisotopic (exact) mass is 345 g/mol. The van der Waals surface area contributed by atoms with Crippen molar-refractivity contribution in [1.29, 1.82) is 0 Å². The van der Waals surface area contributed by atoms with Gasteiger partial charge in [-0.25, -0.2) is 17.9 Å². The molecule has 0 fully saturated rings. The molecule has 0 unspecified atom stereocenters. The Kier molecular flexibility index (Phi) is 5.89. The van der Waals surface area contributed by atoms with Crippen molar-refractivity contribution < 1.29 is 17.9 Å². The van der Waals surface area contributed by atoms with E-state index in [2.05, 4.69) is 4.72 Å². The SMILES string of the molecule is COC(=O)/C(=C/c1ccccc1)CNS(=O)(=O)c1ccc(C)cc1. The summed E-state index contributed by atoms with van der Waals surface area (Å²) >= 11 is 0. The highest BCUT2D eigenvalue weighted by Crippen LogP contribution is 2.12. The lowest BCUT2D eigenvalue weighted by molar-refractivity contribution is -0.136. The maximum atomic E-state index is 12.3. The molecule has 6 heteroatoms. The summed E-state index contributed by atoms with van der Waals surface area (Å²) in [5.41, 5.74) is 1.97. The molecular formula is C18H19NO4S. The van der Waals surface area contributed by atoms with Gasteiger partial charge in [0.1, 0.15) is 0 Å². The first-order valence-corrected chi connectivity index (χ1v) is 8.81. The number of benzene rings is 2. The minimum atomic E-state index is -3.70. The molecule has 0 saturated carbocycles. The van der Waals surface area contributed by atoms with Gasteiger partial charge >= 0.3 is 5.97 Å². The first-order valence-electron chi connectivity index (χ1n) is 7.32. The van der Waals surface area contributed by atoms with Crippen LogP contribution in [0.15, 0.2) is 65.1 Å². The van der Waals surface area contributed by atoms with Crippen LogP contribution < -0.4 is 4.72 Å². The lowest BCUT2D eigenvalue weighted by Gasteiger charge is -2.09. The van der Waals surface area contributed by atoms with Crippen LogP contribution in [0.3, 0.4) is 0 Å². The molecule has 0 heterocycles. The summed E-state index contributed by atoms with van der Waals surface area (Å²) < 4.78 is 31.8. The molecule has 0 bridgehead atoms. The predicted molar refractivity (Wildman–Crippen MR) is 92.8 cm³/mol. The van der Waals surface area contributed by atoms with Gasteiger partial charge in [0.2, 0.25) is 10.0 Å². The number of nitrogens with one attached hydrogen (secondary N) is 1. The van der Waals surface area contributed by atoms with Crippen molar-refractivity contribution in [3.8, 4) is 0 Å². The Bertz CT molecular complexity index is 825. The maximum absolute atomic E-state index is 12.3. The second kappa shape index (κ2) is 7.90. The smallest absolute Gasteiger partial charge is 0.335 e. The Balaban J connectivity index is 2.20. The molecule has 0 atom stereocenters. The summed E-state index contributed by atoms with van der Waals surface area (Å²) in [5, 5.41) is 0. The van der Waals surface area contributed by atoms with Gasteiger partial charge in [0.25, 0.3) is 0 Å². The third-order valence-electron chi connectivity index (χ3n) is 3.37. The van der Waals surface area contributed by atoms with E-state index in [1.165, 1.54) is 19.2 Å². The zero-order chi connectivity index (χ0) is 17.6. The normalized spacial score (nSPS) is 12.0. The van der Waals surface area contributed by atoms with Crippen LogP contribution in [-0.4, -0.2) is 28.0 Å². The van der Waals surface area contributed by atoms with Crippen molar-refractivity contribution in [2.45, 2.75) is 11.8 Å². The number of aryl methyl sites for hydroxylation is 1. The zero-order valence-corrected chi connectivity index (χ0v) is 14.3. The predicted octanol–water partition coefficient (Wildman–Crippen LogP) is 2.53. The summed E-state index contributed by atoms with van der Waals surface area (Å²) in [6.07, 6.45) is 1.60. The average Bonchev–Trinajstić information content (AvgIpc) is 2.59. The number of carbonyl (C=O) groups excluding carboxylic acids is 1. The topological polar surface area (TPSA) is 72.5 Å². The average molecular weight is 345 g/mol. The van der Waals surface area contributed by atoms with E-state index in [4.69, 9.17) is 4.74 Å². The molecule has 0 spiro atoms. The van der Waals surface area contributed by atoms with Crippen LogP contribution in [0.25, 0.3) is 6.08 Å². The molecule has 2 rings (SSSR count). The van der Waals surface area contributed by atoms with E-state index in [0.717, 1.165) is 11.1 Å². The van der Waals surface area contributed by atoms with Crippen LogP contribution in [0.4, 0.5) is 0 Å². The summed E-state index contributed by atoms with van der Waals surface area (Å²) in [4.78, 5) is 12.0. The van der Waals surface area contributed by atoms with E-state index in [1.807, 2.05) is 37.3 Å². The van der Waals surface area contributed by atoms with Crippen LogP contribution in [-0.2, 0) is 19.6 Å². The number of ether oxygens (including phenoxy) is 1. The fraction of sp³-hybridized carbons (Fsp3) is 0.167. The summed E-state index contributed by atoms with van der Waals surface area (Å²) in [5.74, 6) is -0.578. The van der Waals surface area contributed by atoms with E-state index in [0.29, 0.717) is 0 Å². The van der Waals surface area contributed by atoms with Gasteiger partial charge < -0.3 is 4.74 Å². The number of methoxy groups -OCH3 is 1. The number of carbonyl (C=O) groups is 1. The van der Waals surface area contributed by atoms with Crippen molar-refractivity contribution in [2.24, 2.45) is 0 Å². The first-order chi connectivity index (χ1) is 11.4. The zero-order valence-electron chi connectivity index (χ0n) is 13.5. The van der Waals surface area contributed by atoms with Crippen LogP contribution in [0.2, 0.25) is 0 Å². The Labute approximate surface area is 142 Å². The number of hydrogen-bond acceptors (Lipinski definition) is 4. The van der Waals surface area contributed by atoms with E-state index in [-0.39, 0.29) is 17.0 Å². The second-order valence-corrected chi connectivity index (χ2v) is 6.98. The molecule has 5 nitrogen and oxygen atoms in total. The number of hydrogen-bond donors (Lipinski definition) is 1. The fourth-order valence-corrected chi connectivity index (χ4v) is 3.04. The minimum absolute atomic E-state index is 0.150. The van der Waals surface area contributed by atoms with Crippen LogP contribution >= 0.6 is 0 Å². The van der Waals surface area contributed by atoms with Gasteiger partial charge in [-0.05, 0) is 30.7 Å². The van der Waals surface area contributed by atoms with Gasteiger partial charge in [-0.3, -0.25) is 0 Å². The molecule has 0 aliphatic rings. The van der Waals surface area contributed by atoms with E-state index in [1.54, 1.807) is 18.2 Å². The maximum Gasteiger partial charge on any atom is 0.335 e. The lowest BCUT2D eigenvalue weighted by atomic mass is 10.1. The number of rotatable bonds is 6. The summed E-state index contributed by atoms with van der Waals surface area (Å²) in [6, 6.07) is 15.6. The molecule has 24 heavy (non-hydrogen) atoms. The number of sulfonamides is 1. The van der Waals surface area contributed by atoms with Crippen molar-refractivity contribution in [3.05, 3.63) is 71.3 Å². The Morgan fingerprint density at radius 2 is 1.71 bits per heavy atom. The van der Waals surface area contributed by atoms with Crippen LogP contribution in [0.1, 0.15) is 11.1 Å². The van der Waals surface area contributed by atoms with Crippen molar-refractivity contribution in [2.75, 3.05) is 13.7 Å². The molecule has 1 N–H and O–H groups in total. The van der Waals surface area contributed by atoms with Crippen LogP contribution in [0, 0.1) is 6.92 Å². The summed E-state index contributed by atoms with van der Waals surface area (Å²) in [6.45, 7) is 1.72. The fourth-order valence-electron chi connectivity index (χ4n) is 2.04. The van der Waals surface area contributed by atoms with Gasteiger partial charge in [-0.1, -0.05) is 48.0 Å². The van der Waals surface area contributed by atoms with E-state index < -0.39 is 16.0 Å². The molecule has 2 aromatic carbocycles. The molecule has 0 saturated heterocycles. The molecular weight excluding hydrogens is 326 g/mol. The molecule has 0 aliphatic carbocycles. The third kappa shape index (κ3) is 4.78. The minimum Gasteiger partial charge on any atom is -0.466 e. The summed E-state index contributed by atoms with van der Waals surface area (Å²) in [7, 11) is -2.45. The van der Waals surface area contributed by atoms with Crippen molar-refractivity contribution in [1.82, 2.24) is 4.72 Å². The molecule has 0 radical (unpaired) electrons. The first kappa shape index (κ1) is 17.9. The Hall–Kier alpha value is -2.44. The van der Waals surface area contributed by atoms with Crippen molar-refractivity contribution in [3.63, 3.8) is 0 Å². The second-order valence-electron chi connectivity index (χ2n) is 5.21. The third-order valence-corrected chi connectivity index (χ3v) is 4.79. The molecule has 0 amide bonds. The highest BCUT2D eigenvalue weighted by atomic mass is 32.2. The van der Waals surface area contributed by atoms with Gasteiger partial charge in [-0.2, -0.15) is 0 Å². The standard InChI is InChI=1S/C18H19NO4S/c1-14-8-10-17(11-9-14)24(21,22)19-13-16(18(20)23-2)12-15-6-4-3-5-7-15/h3-12,19H,13H2,1-2H3/b16-12+. The highest BCUT2D eigenvalue weighted by molar-refractivity contribution is 7.89. The molecule has 2 aromatic rings.